The third kappa shape index (κ3) is 4.21. The number of anilines is 1. The van der Waals surface area contributed by atoms with Crippen LogP contribution < -0.4 is 5.73 Å². The fourth-order valence-corrected chi connectivity index (χ4v) is 2.37. The van der Waals surface area contributed by atoms with Crippen molar-refractivity contribution < 1.29 is 9.53 Å². The van der Waals surface area contributed by atoms with Crippen LogP contribution in [0, 0.1) is 0 Å². The highest BCUT2D eigenvalue weighted by molar-refractivity contribution is 5.76. The number of amides is 1. The molecule has 1 aliphatic rings. The Morgan fingerprint density at radius 3 is 2.95 bits per heavy atom. The van der Waals surface area contributed by atoms with Crippen molar-refractivity contribution in [3.63, 3.8) is 0 Å². The Morgan fingerprint density at radius 1 is 1.40 bits per heavy atom. The van der Waals surface area contributed by atoms with Crippen LogP contribution in [0.3, 0.4) is 0 Å². The van der Waals surface area contributed by atoms with E-state index in [0.717, 1.165) is 45.8 Å². The smallest absolute Gasteiger partial charge is 0.244 e. The maximum absolute atomic E-state index is 12.2. The van der Waals surface area contributed by atoms with Gasteiger partial charge in [0.25, 0.3) is 0 Å². The molecule has 0 unspecified atom stereocenters. The van der Waals surface area contributed by atoms with E-state index in [-0.39, 0.29) is 12.5 Å². The SMILES string of the molecule is COCCN1CCCN(C(=O)Cn2cc(N)cn2)CC1. The van der Waals surface area contributed by atoms with E-state index in [0.29, 0.717) is 5.69 Å². The fourth-order valence-electron chi connectivity index (χ4n) is 2.37. The zero-order chi connectivity index (χ0) is 14.4. The van der Waals surface area contributed by atoms with E-state index in [1.807, 2.05) is 4.90 Å². The first-order valence-corrected chi connectivity index (χ1v) is 6.96. The standard InChI is InChI=1S/C13H23N5O2/c1-20-8-7-16-3-2-4-17(6-5-16)13(19)11-18-10-12(14)9-15-18/h9-10H,2-8,11,14H2,1H3. The summed E-state index contributed by atoms with van der Waals surface area (Å²) in [4.78, 5) is 16.5. The zero-order valence-electron chi connectivity index (χ0n) is 12.0. The van der Waals surface area contributed by atoms with E-state index in [4.69, 9.17) is 10.5 Å². The van der Waals surface area contributed by atoms with Crippen molar-refractivity contribution in [2.24, 2.45) is 0 Å². The predicted molar refractivity (Wildman–Crippen MR) is 76.2 cm³/mol. The van der Waals surface area contributed by atoms with Gasteiger partial charge in [0, 0.05) is 39.5 Å². The Hall–Kier alpha value is -1.60. The molecular formula is C13H23N5O2. The Labute approximate surface area is 119 Å². The molecule has 2 N–H and O–H groups in total. The largest absolute Gasteiger partial charge is 0.396 e. The molecule has 2 rings (SSSR count). The summed E-state index contributed by atoms with van der Waals surface area (Å²) < 4.78 is 6.68. The second-order valence-electron chi connectivity index (χ2n) is 5.04. The van der Waals surface area contributed by atoms with Crippen LogP contribution in [0.5, 0.6) is 0 Å². The van der Waals surface area contributed by atoms with Gasteiger partial charge in [-0.3, -0.25) is 14.4 Å². The lowest BCUT2D eigenvalue weighted by Gasteiger charge is -2.21. The van der Waals surface area contributed by atoms with Gasteiger partial charge in [0.15, 0.2) is 0 Å². The van der Waals surface area contributed by atoms with E-state index in [9.17, 15) is 4.79 Å². The highest BCUT2D eigenvalue weighted by Crippen LogP contribution is 2.05. The molecule has 1 fully saturated rings. The van der Waals surface area contributed by atoms with Gasteiger partial charge in [0.05, 0.1) is 18.5 Å². The maximum Gasteiger partial charge on any atom is 0.244 e. The van der Waals surface area contributed by atoms with Crippen molar-refractivity contribution in [2.45, 2.75) is 13.0 Å². The lowest BCUT2D eigenvalue weighted by Crippen LogP contribution is -2.37. The van der Waals surface area contributed by atoms with Gasteiger partial charge < -0.3 is 15.4 Å². The van der Waals surface area contributed by atoms with E-state index < -0.39 is 0 Å². The van der Waals surface area contributed by atoms with E-state index in [2.05, 4.69) is 10.00 Å². The summed E-state index contributed by atoms with van der Waals surface area (Å²) in [6.45, 7) is 5.40. The normalized spacial score (nSPS) is 17.1. The van der Waals surface area contributed by atoms with Gasteiger partial charge in [-0.2, -0.15) is 5.10 Å². The number of nitrogens with zero attached hydrogens (tertiary/aromatic N) is 4. The number of rotatable bonds is 5. The summed E-state index contributed by atoms with van der Waals surface area (Å²) in [5, 5.41) is 4.05. The van der Waals surface area contributed by atoms with Crippen LogP contribution in [-0.4, -0.2) is 71.9 Å². The molecule has 1 saturated heterocycles. The second kappa shape index (κ2) is 7.25. The number of methoxy groups -OCH3 is 1. The third-order valence-electron chi connectivity index (χ3n) is 3.50. The minimum Gasteiger partial charge on any atom is -0.396 e. The summed E-state index contributed by atoms with van der Waals surface area (Å²) in [5.41, 5.74) is 6.18. The molecule has 0 radical (unpaired) electrons. The molecule has 0 spiro atoms. The van der Waals surface area contributed by atoms with Crippen LogP contribution >= 0.6 is 0 Å². The number of aromatic nitrogens is 2. The highest BCUT2D eigenvalue weighted by atomic mass is 16.5. The fraction of sp³-hybridized carbons (Fsp3) is 0.692. The molecule has 0 saturated carbocycles. The van der Waals surface area contributed by atoms with Crippen molar-refractivity contribution >= 4 is 11.6 Å². The molecule has 0 aromatic carbocycles. The van der Waals surface area contributed by atoms with Crippen molar-refractivity contribution in [2.75, 3.05) is 52.2 Å². The van der Waals surface area contributed by atoms with Crippen LogP contribution in [0.25, 0.3) is 0 Å². The topological polar surface area (TPSA) is 76.6 Å². The summed E-state index contributed by atoms with van der Waals surface area (Å²) in [6.07, 6.45) is 4.24. The van der Waals surface area contributed by atoms with Gasteiger partial charge in [-0.1, -0.05) is 0 Å². The number of hydrogen-bond donors (Lipinski definition) is 1. The molecule has 20 heavy (non-hydrogen) atoms. The lowest BCUT2D eigenvalue weighted by molar-refractivity contribution is -0.131. The van der Waals surface area contributed by atoms with Crippen molar-refractivity contribution in [3.05, 3.63) is 12.4 Å². The number of carbonyl (C=O) groups is 1. The summed E-state index contributed by atoms with van der Waals surface area (Å²) in [5.74, 6) is 0.0988. The average molecular weight is 281 g/mol. The van der Waals surface area contributed by atoms with Crippen LogP contribution in [-0.2, 0) is 16.1 Å². The van der Waals surface area contributed by atoms with Crippen LogP contribution in [0.1, 0.15) is 6.42 Å². The predicted octanol–water partition coefficient (Wildman–Crippen LogP) is -0.354. The molecule has 112 valence electrons. The molecule has 1 aromatic heterocycles. The molecule has 0 aliphatic carbocycles. The number of nitrogens with two attached hydrogens (primary N) is 1. The summed E-state index contributed by atoms with van der Waals surface area (Å²) >= 11 is 0. The summed E-state index contributed by atoms with van der Waals surface area (Å²) in [7, 11) is 1.71. The molecule has 0 atom stereocenters. The molecule has 1 aromatic rings. The van der Waals surface area contributed by atoms with Gasteiger partial charge in [0.1, 0.15) is 6.54 Å². The van der Waals surface area contributed by atoms with E-state index in [1.54, 1.807) is 24.2 Å². The Morgan fingerprint density at radius 2 is 2.25 bits per heavy atom. The number of ether oxygens (including phenoxy) is 1. The molecular weight excluding hydrogens is 258 g/mol. The molecule has 1 amide bonds. The van der Waals surface area contributed by atoms with E-state index >= 15 is 0 Å². The summed E-state index contributed by atoms with van der Waals surface area (Å²) in [6, 6.07) is 0. The number of nitrogen functional groups attached to an aromatic ring is 1. The maximum atomic E-state index is 12.2. The van der Waals surface area contributed by atoms with Crippen LogP contribution in [0.2, 0.25) is 0 Å². The molecule has 2 heterocycles. The monoisotopic (exact) mass is 281 g/mol. The second-order valence-corrected chi connectivity index (χ2v) is 5.04. The molecule has 0 bridgehead atoms. The van der Waals surface area contributed by atoms with Gasteiger partial charge in [-0.15, -0.1) is 0 Å². The average Bonchev–Trinajstić information content (AvgIpc) is 2.71. The van der Waals surface area contributed by atoms with E-state index in [1.165, 1.54) is 0 Å². The molecule has 7 heteroatoms. The third-order valence-corrected chi connectivity index (χ3v) is 3.50. The Bertz CT molecular complexity index is 434. The van der Waals surface area contributed by atoms with Gasteiger partial charge in [-0.25, -0.2) is 0 Å². The Kier molecular flexibility index (Phi) is 5.37. The van der Waals surface area contributed by atoms with Gasteiger partial charge in [0.2, 0.25) is 5.91 Å². The number of hydrogen-bond acceptors (Lipinski definition) is 5. The minimum absolute atomic E-state index is 0.0988. The van der Waals surface area contributed by atoms with Crippen molar-refractivity contribution in [3.8, 4) is 0 Å². The van der Waals surface area contributed by atoms with Crippen LogP contribution in [0.4, 0.5) is 5.69 Å². The zero-order valence-corrected chi connectivity index (χ0v) is 12.0. The quantitative estimate of drug-likeness (QED) is 0.798. The van der Waals surface area contributed by atoms with Gasteiger partial charge >= 0.3 is 0 Å². The van der Waals surface area contributed by atoms with Crippen LogP contribution in [0.15, 0.2) is 12.4 Å². The molecule has 7 nitrogen and oxygen atoms in total. The van der Waals surface area contributed by atoms with Crippen molar-refractivity contribution in [1.82, 2.24) is 19.6 Å². The first kappa shape index (κ1) is 14.8. The minimum atomic E-state index is 0.0988. The molecule has 1 aliphatic heterocycles. The first-order valence-electron chi connectivity index (χ1n) is 6.96. The van der Waals surface area contributed by atoms with Crippen molar-refractivity contribution in [1.29, 1.82) is 0 Å². The van der Waals surface area contributed by atoms with Gasteiger partial charge in [-0.05, 0) is 13.0 Å². The Balaban J connectivity index is 1.82. The highest BCUT2D eigenvalue weighted by Gasteiger charge is 2.19. The number of carbonyl (C=O) groups excluding carboxylic acids is 1. The lowest BCUT2D eigenvalue weighted by atomic mass is 10.3. The first-order chi connectivity index (χ1) is 9.69.